The molecule has 4 rings (SSSR count). The Labute approximate surface area is 273 Å². The van der Waals surface area contributed by atoms with Gasteiger partial charge in [0.2, 0.25) is 15.9 Å². The highest BCUT2D eigenvalue weighted by molar-refractivity contribution is 7.91. The zero-order chi connectivity index (χ0) is 32.6. The van der Waals surface area contributed by atoms with Gasteiger partial charge < -0.3 is 21.5 Å². The molecule has 256 valence electrons. The Morgan fingerprint density at radius 2 is 1.84 bits per heavy atom. The summed E-state index contributed by atoms with van der Waals surface area (Å²) < 4.78 is 57.9. The number of thiophene rings is 1. The van der Waals surface area contributed by atoms with Gasteiger partial charge in [-0.25, -0.2) is 16.8 Å². The maximum atomic E-state index is 13.7. The van der Waals surface area contributed by atoms with E-state index in [0.717, 1.165) is 42.6 Å². The summed E-state index contributed by atoms with van der Waals surface area (Å²) in [5.74, 6) is 0.0301. The molecule has 45 heavy (non-hydrogen) atoms. The number of rotatable bonds is 17. The molecule has 2 unspecified atom stereocenters. The third-order valence-corrected chi connectivity index (χ3v) is 14.7. The lowest BCUT2D eigenvalue weighted by atomic mass is 9.80. The minimum absolute atomic E-state index is 0.0418. The van der Waals surface area contributed by atoms with Gasteiger partial charge in [-0.1, -0.05) is 39.2 Å². The van der Waals surface area contributed by atoms with Gasteiger partial charge >= 0.3 is 0 Å². The zero-order valence-electron chi connectivity index (χ0n) is 26.7. The topological polar surface area (TPSA) is 171 Å². The van der Waals surface area contributed by atoms with Crippen LogP contribution in [0, 0.1) is 11.8 Å². The molecule has 2 saturated carbocycles. The van der Waals surface area contributed by atoms with E-state index in [4.69, 9.17) is 5.73 Å². The van der Waals surface area contributed by atoms with Gasteiger partial charge in [0, 0.05) is 37.1 Å². The second-order valence-corrected chi connectivity index (χ2v) is 18.4. The van der Waals surface area contributed by atoms with Crippen molar-refractivity contribution in [2.45, 2.75) is 125 Å². The van der Waals surface area contributed by atoms with E-state index >= 15 is 0 Å². The van der Waals surface area contributed by atoms with Crippen LogP contribution in [0.3, 0.4) is 0 Å². The van der Waals surface area contributed by atoms with Gasteiger partial charge in [0.1, 0.15) is 10.3 Å². The van der Waals surface area contributed by atoms with Crippen LogP contribution in [-0.2, 0) is 24.8 Å². The lowest BCUT2D eigenvalue weighted by molar-refractivity contribution is -0.122. The molecular formula is C31H53N5O6S3. The van der Waals surface area contributed by atoms with E-state index in [1.54, 1.807) is 11.4 Å². The molecule has 1 aromatic rings. The third kappa shape index (κ3) is 9.74. The Kier molecular flexibility index (Phi) is 13.3. The molecule has 4 atom stereocenters. The second kappa shape index (κ2) is 16.5. The standard InChI is InChI=1S/C31H53N5O6S3/c1-22(2)20-36(45(41,42)26-14-12-24(32)13-15-26)25(21-37)8-5-6-16-33-31(38)29(35-44(39,40)30-11-7-17-43-30)18-23-19-34-28-10-4-3-9-27(23)28/h7,11,17,19,22,24-29,34-35,37H,3-6,8-10,12-16,18,20-21,32H2,1-2H3,(H,33,38)/t24?,25-,26?,27?,28?,29-/m0/s1. The van der Waals surface area contributed by atoms with Crippen LogP contribution in [0.5, 0.6) is 0 Å². The van der Waals surface area contributed by atoms with Crippen molar-refractivity contribution in [3.05, 3.63) is 29.3 Å². The molecular weight excluding hydrogens is 635 g/mol. The number of carbonyl (C=O) groups excluding carboxylic acids is 1. The fourth-order valence-corrected chi connectivity index (χ4v) is 11.5. The Hall–Kier alpha value is -1.55. The van der Waals surface area contributed by atoms with Crippen molar-refractivity contribution >= 4 is 37.3 Å². The maximum absolute atomic E-state index is 13.7. The molecule has 0 saturated heterocycles. The van der Waals surface area contributed by atoms with E-state index in [1.165, 1.54) is 10.4 Å². The van der Waals surface area contributed by atoms with Crippen molar-refractivity contribution in [2.24, 2.45) is 17.6 Å². The van der Waals surface area contributed by atoms with Gasteiger partial charge in [-0.3, -0.25) is 4.79 Å². The van der Waals surface area contributed by atoms with Crippen molar-refractivity contribution in [3.8, 4) is 0 Å². The van der Waals surface area contributed by atoms with E-state index in [-0.39, 0.29) is 28.7 Å². The highest BCUT2D eigenvalue weighted by Gasteiger charge is 2.38. The van der Waals surface area contributed by atoms with Crippen LogP contribution in [0.4, 0.5) is 0 Å². The highest BCUT2D eigenvalue weighted by atomic mass is 32.2. The van der Waals surface area contributed by atoms with Crippen LogP contribution in [-0.4, -0.2) is 81.3 Å². The van der Waals surface area contributed by atoms with Crippen molar-refractivity contribution in [2.75, 3.05) is 19.7 Å². The summed E-state index contributed by atoms with van der Waals surface area (Å²) in [5.41, 5.74) is 7.09. The molecule has 0 spiro atoms. The van der Waals surface area contributed by atoms with E-state index in [2.05, 4.69) is 15.4 Å². The maximum Gasteiger partial charge on any atom is 0.250 e. The summed E-state index contributed by atoms with van der Waals surface area (Å²) in [7, 11) is -7.47. The number of carbonyl (C=O) groups is 1. The molecule has 2 aliphatic carbocycles. The predicted octanol–water partition coefficient (Wildman–Crippen LogP) is 3.04. The van der Waals surface area contributed by atoms with Gasteiger partial charge in [-0.15, -0.1) is 11.3 Å². The summed E-state index contributed by atoms with van der Waals surface area (Å²) in [6.45, 7) is 4.32. The number of nitrogens with zero attached hydrogens (tertiary/aromatic N) is 1. The molecule has 1 aliphatic heterocycles. The number of hydrogen-bond acceptors (Lipinski definition) is 9. The molecule has 14 heteroatoms. The number of fused-ring (bicyclic) bond motifs is 1. The van der Waals surface area contributed by atoms with Crippen LogP contribution in [0.2, 0.25) is 0 Å². The SMILES string of the molecule is CC(C)CN([C@H](CO)CCCCNC(=O)[C@H](CC1=CNC2CCCCC12)NS(=O)(=O)c1cccs1)S(=O)(=O)C1CCC(N)CC1. The third-order valence-electron chi connectivity index (χ3n) is 9.43. The minimum atomic E-state index is -3.87. The fourth-order valence-electron chi connectivity index (χ4n) is 6.96. The second-order valence-electron chi connectivity index (χ2n) is 13.4. The molecule has 2 heterocycles. The lowest BCUT2D eigenvalue weighted by Gasteiger charge is -2.36. The van der Waals surface area contributed by atoms with Crippen molar-refractivity contribution < 1.29 is 26.7 Å². The molecule has 6 N–H and O–H groups in total. The first-order valence-corrected chi connectivity index (χ1v) is 20.4. The average Bonchev–Trinajstić information content (AvgIpc) is 3.69. The lowest BCUT2D eigenvalue weighted by Crippen LogP contribution is -2.49. The Morgan fingerprint density at radius 3 is 2.51 bits per heavy atom. The molecule has 1 amide bonds. The summed E-state index contributed by atoms with van der Waals surface area (Å²) in [6.07, 6.45) is 10.7. The number of aliphatic hydroxyl groups excluding tert-OH is 1. The van der Waals surface area contributed by atoms with Gasteiger partial charge in [0.15, 0.2) is 0 Å². The number of hydrogen-bond donors (Lipinski definition) is 5. The summed E-state index contributed by atoms with van der Waals surface area (Å²) in [4.78, 5) is 13.4. The van der Waals surface area contributed by atoms with Crippen LogP contribution in [0.1, 0.15) is 90.9 Å². The normalized spacial score (nSPS) is 25.4. The molecule has 0 radical (unpaired) electrons. The van der Waals surface area contributed by atoms with E-state index in [0.29, 0.717) is 76.4 Å². The van der Waals surface area contributed by atoms with Crippen LogP contribution in [0.15, 0.2) is 33.5 Å². The summed E-state index contributed by atoms with van der Waals surface area (Å²) >= 11 is 1.11. The number of nitrogens with one attached hydrogen (secondary N) is 3. The molecule has 3 aliphatic rings. The zero-order valence-corrected chi connectivity index (χ0v) is 29.1. The van der Waals surface area contributed by atoms with E-state index in [9.17, 15) is 26.7 Å². The molecule has 1 aromatic heterocycles. The Morgan fingerprint density at radius 1 is 1.11 bits per heavy atom. The van der Waals surface area contributed by atoms with E-state index in [1.807, 2.05) is 20.0 Å². The average molecular weight is 688 g/mol. The predicted molar refractivity (Wildman–Crippen MR) is 178 cm³/mol. The number of amides is 1. The first-order chi connectivity index (χ1) is 21.4. The highest BCUT2D eigenvalue weighted by Crippen LogP contribution is 2.36. The number of sulfonamides is 2. The first-order valence-electron chi connectivity index (χ1n) is 16.6. The monoisotopic (exact) mass is 687 g/mol. The molecule has 11 nitrogen and oxygen atoms in total. The van der Waals surface area contributed by atoms with Crippen molar-refractivity contribution in [1.82, 2.24) is 19.7 Å². The summed E-state index contributed by atoms with van der Waals surface area (Å²) in [6, 6.07) is 2.09. The number of unbranched alkanes of at least 4 members (excludes halogenated alkanes) is 1. The molecule has 0 aromatic carbocycles. The Bertz CT molecular complexity index is 1330. The number of nitrogens with two attached hydrogens (primary N) is 1. The minimum Gasteiger partial charge on any atom is -0.395 e. The van der Waals surface area contributed by atoms with Gasteiger partial charge in [-0.2, -0.15) is 9.03 Å². The smallest absolute Gasteiger partial charge is 0.250 e. The molecule has 0 bridgehead atoms. The van der Waals surface area contributed by atoms with Crippen LogP contribution >= 0.6 is 11.3 Å². The Balaban J connectivity index is 1.34. The molecule has 2 fully saturated rings. The van der Waals surface area contributed by atoms with Gasteiger partial charge in [0.05, 0.1) is 11.9 Å². The van der Waals surface area contributed by atoms with Gasteiger partial charge in [0.25, 0.3) is 10.0 Å². The van der Waals surface area contributed by atoms with Crippen LogP contribution in [0.25, 0.3) is 0 Å². The number of aliphatic hydroxyl groups is 1. The van der Waals surface area contributed by atoms with E-state index < -0.39 is 37.4 Å². The summed E-state index contributed by atoms with van der Waals surface area (Å²) in [5, 5.41) is 17.8. The van der Waals surface area contributed by atoms with Crippen molar-refractivity contribution in [3.63, 3.8) is 0 Å². The van der Waals surface area contributed by atoms with Crippen LogP contribution < -0.4 is 21.1 Å². The largest absolute Gasteiger partial charge is 0.395 e. The first kappa shape index (κ1) is 36.3. The quantitative estimate of drug-likeness (QED) is 0.156. The van der Waals surface area contributed by atoms with Gasteiger partial charge in [-0.05, 0) is 86.9 Å². The fraction of sp³-hybridized carbons (Fsp3) is 0.774. The van der Waals surface area contributed by atoms with Crippen molar-refractivity contribution in [1.29, 1.82) is 0 Å².